The summed E-state index contributed by atoms with van der Waals surface area (Å²) in [5.41, 5.74) is 3.47. The van der Waals surface area contributed by atoms with Crippen LogP contribution in [0.25, 0.3) is 0 Å². The molecule has 0 fully saturated rings. The molecule has 0 radical (unpaired) electrons. The highest BCUT2D eigenvalue weighted by Gasteiger charge is 2.10. The Morgan fingerprint density at radius 2 is 1.84 bits per heavy atom. The monoisotopic (exact) mass is 336 g/mol. The van der Waals surface area contributed by atoms with Crippen molar-refractivity contribution in [3.63, 3.8) is 0 Å². The van der Waals surface area contributed by atoms with E-state index < -0.39 is 6.10 Å². The zero-order valence-electron chi connectivity index (χ0n) is 11.1. The number of aliphatic hydroxyl groups excluding tert-OH is 1. The van der Waals surface area contributed by atoms with E-state index in [2.05, 4.69) is 48.0 Å². The number of halogens is 1. The number of aliphatic hydroxyl groups is 1. The fourth-order valence-electron chi connectivity index (χ4n) is 1.80. The minimum absolute atomic E-state index is 0.434. The van der Waals surface area contributed by atoms with Gasteiger partial charge in [-0.25, -0.2) is 0 Å². The summed E-state index contributed by atoms with van der Waals surface area (Å²) in [4.78, 5) is 1.16. The van der Waals surface area contributed by atoms with Crippen LogP contribution in [0.4, 0.5) is 0 Å². The van der Waals surface area contributed by atoms with Crippen LogP contribution in [0, 0.1) is 13.8 Å². The maximum absolute atomic E-state index is 10.3. The first-order chi connectivity index (χ1) is 9.08. The Bertz CT molecular complexity index is 568. The fraction of sp³-hybridized carbons (Fsp3) is 0.250. The van der Waals surface area contributed by atoms with Gasteiger partial charge in [0.05, 0.1) is 6.10 Å². The Morgan fingerprint density at radius 3 is 2.53 bits per heavy atom. The van der Waals surface area contributed by atoms with Crippen molar-refractivity contribution in [2.24, 2.45) is 0 Å². The summed E-state index contributed by atoms with van der Waals surface area (Å²) in [6.45, 7) is 4.16. The van der Waals surface area contributed by atoms with Gasteiger partial charge in [-0.15, -0.1) is 11.8 Å². The lowest BCUT2D eigenvalue weighted by Gasteiger charge is -2.13. The number of hydrogen-bond acceptors (Lipinski definition) is 2. The molecule has 2 aromatic carbocycles. The summed E-state index contributed by atoms with van der Waals surface area (Å²) >= 11 is 5.18. The van der Waals surface area contributed by atoms with Crippen LogP contribution in [0.5, 0.6) is 0 Å². The first kappa shape index (κ1) is 14.6. The number of benzene rings is 2. The van der Waals surface area contributed by atoms with Crippen molar-refractivity contribution < 1.29 is 5.11 Å². The average molecular weight is 337 g/mol. The van der Waals surface area contributed by atoms with Gasteiger partial charge in [0.2, 0.25) is 0 Å². The molecule has 0 saturated carbocycles. The molecule has 0 aliphatic heterocycles. The van der Waals surface area contributed by atoms with Crippen molar-refractivity contribution in [1.82, 2.24) is 0 Å². The molecule has 2 rings (SSSR count). The molecule has 0 bridgehead atoms. The molecule has 1 atom stereocenters. The van der Waals surface area contributed by atoms with Crippen molar-refractivity contribution in [3.05, 3.63) is 63.6 Å². The molecule has 0 aromatic heterocycles. The van der Waals surface area contributed by atoms with Crippen molar-refractivity contribution in [2.45, 2.75) is 24.8 Å². The summed E-state index contributed by atoms with van der Waals surface area (Å²) in [7, 11) is 0. The van der Waals surface area contributed by atoms with E-state index in [9.17, 15) is 5.11 Å². The molecule has 1 nitrogen and oxygen atoms in total. The minimum atomic E-state index is -0.434. The maximum Gasteiger partial charge on any atom is 0.0884 e. The van der Waals surface area contributed by atoms with E-state index in [4.69, 9.17) is 0 Å². The Balaban J connectivity index is 2.03. The lowest BCUT2D eigenvalue weighted by molar-refractivity contribution is 0.204. The third-order valence-corrected chi connectivity index (χ3v) is 5.25. The van der Waals surface area contributed by atoms with Crippen LogP contribution < -0.4 is 0 Å². The number of hydrogen-bond donors (Lipinski definition) is 1. The third kappa shape index (κ3) is 3.85. The smallest absolute Gasteiger partial charge is 0.0884 e. The highest BCUT2D eigenvalue weighted by atomic mass is 79.9. The van der Waals surface area contributed by atoms with Crippen LogP contribution in [0.3, 0.4) is 0 Å². The Morgan fingerprint density at radius 1 is 1.11 bits per heavy atom. The molecule has 0 aliphatic carbocycles. The highest BCUT2D eigenvalue weighted by molar-refractivity contribution is 9.10. The lowest BCUT2D eigenvalue weighted by Crippen LogP contribution is -2.01. The Labute approximate surface area is 127 Å². The van der Waals surface area contributed by atoms with Gasteiger partial charge in [-0.05, 0) is 58.6 Å². The average Bonchev–Trinajstić information content (AvgIpc) is 2.40. The van der Waals surface area contributed by atoms with Crippen molar-refractivity contribution in [2.75, 3.05) is 5.75 Å². The van der Waals surface area contributed by atoms with E-state index in [0.29, 0.717) is 5.75 Å². The van der Waals surface area contributed by atoms with E-state index >= 15 is 0 Å². The summed E-state index contributed by atoms with van der Waals surface area (Å²) < 4.78 is 1.08. The second kappa shape index (κ2) is 6.60. The predicted octanol–water partition coefficient (Wildman–Crippen LogP) is 4.89. The summed E-state index contributed by atoms with van der Waals surface area (Å²) in [5.74, 6) is 0.658. The van der Waals surface area contributed by atoms with Gasteiger partial charge in [0.15, 0.2) is 0 Å². The molecule has 1 unspecified atom stereocenters. The van der Waals surface area contributed by atoms with Crippen LogP contribution in [0.1, 0.15) is 22.8 Å². The quantitative estimate of drug-likeness (QED) is 0.802. The molecule has 0 heterocycles. The van der Waals surface area contributed by atoms with E-state index in [-0.39, 0.29) is 0 Å². The van der Waals surface area contributed by atoms with Gasteiger partial charge < -0.3 is 5.11 Å². The van der Waals surface area contributed by atoms with E-state index in [1.54, 1.807) is 11.8 Å². The fourth-order valence-corrected chi connectivity index (χ4v) is 3.34. The molecule has 2 aromatic rings. The first-order valence-electron chi connectivity index (χ1n) is 6.20. The summed E-state index contributed by atoms with van der Waals surface area (Å²) in [6, 6.07) is 14.2. The molecular weight excluding hydrogens is 320 g/mol. The van der Waals surface area contributed by atoms with Gasteiger partial charge in [0.25, 0.3) is 0 Å². The van der Waals surface area contributed by atoms with Crippen molar-refractivity contribution in [3.8, 4) is 0 Å². The normalized spacial score (nSPS) is 12.4. The first-order valence-corrected chi connectivity index (χ1v) is 7.98. The van der Waals surface area contributed by atoms with Gasteiger partial charge in [0, 0.05) is 15.1 Å². The third-order valence-electron chi connectivity index (χ3n) is 3.15. The Hall–Kier alpha value is -0.770. The van der Waals surface area contributed by atoms with Gasteiger partial charge >= 0.3 is 0 Å². The van der Waals surface area contributed by atoms with Crippen molar-refractivity contribution in [1.29, 1.82) is 0 Å². The van der Waals surface area contributed by atoms with Gasteiger partial charge in [0.1, 0.15) is 0 Å². The molecule has 19 heavy (non-hydrogen) atoms. The molecule has 0 spiro atoms. The highest BCUT2D eigenvalue weighted by Crippen LogP contribution is 2.30. The molecule has 0 amide bonds. The topological polar surface area (TPSA) is 20.2 Å². The molecular formula is C16H17BrOS. The van der Waals surface area contributed by atoms with Crippen LogP contribution in [-0.4, -0.2) is 10.9 Å². The SMILES string of the molecule is Cc1ccc(C(O)CSc2ccccc2Br)cc1C. The zero-order valence-corrected chi connectivity index (χ0v) is 13.5. The summed E-state index contributed by atoms with van der Waals surface area (Å²) in [5, 5.41) is 10.3. The van der Waals surface area contributed by atoms with E-state index in [1.165, 1.54) is 11.1 Å². The molecule has 1 N–H and O–H groups in total. The number of thioether (sulfide) groups is 1. The number of rotatable bonds is 4. The van der Waals surface area contributed by atoms with Crippen LogP contribution in [0.2, 0.25) is 0 Å². The number of aryl methyl sites for hydroxylation is 2. The standard InChI is InChI=1S/C16H17BrOS/c1-11-7-8-13(9-12(11)2)15(18)10-19-16-6-4-3-5-14(16)17/h3-9,15,18H,10H2,1-2H3. The Kier molecular flexibility index (Phi) is 5.08. The van der Waals surface area contributed by atoms with Crippen molar-refractivity contribution >= 4 is 27.7 Å². The largest absolute Gasteiger partial charge is 0.388 e. The van der Waals surface area contributed by atoms with Gasteiger partial charge in [-0.2, -0.15) is 0 Å². The minimum Gasteiger partial charge on any atom is -0.388 e. The van der Waals surface area contributed by atoms with E-state index in [0.717, 1.165) is 14.9 Å². The lowest BCUT2D eigenvalue weighted by atomic mass is 10.0. The molecule has 3 heteroatoms. The van der Waals surface area contributed by atoms with E-state index in [1.807, 2.05) is 24.3 Å². The maximum atomic E-state index is 10.3. The van der Waals surface area contributed by atoms with Gasteiger partial charge in [-0.1, -0.05) is 30.3 Å². The predicted molar refractivity (Wildman–Crippen MR) is 85.7 cm³/mol. The second-order valence-corrected chi connectivity index (χ2v) is 6.52. The van der Waals surface area contributed by atoms with Gasteiger partial charge in [-0.3, -0.25) is 0 Å². The zero-order chi connectivity index (χ0) is 13.8. The summed E-state index contributed by atoms with van der Waals surface area (Å²) in [6.07, 6.45) is -0.434. The molecule has 100 valence electrons. The van der Waals surface area contributed by atoms with Crippen LogP contribution >= 0.6 is 27.7 Å². The molecule has 0 saturated heterocycles. The second-order valence-electron chi connectivity index (χ2n) is 4.60. The van der Waals surface area contributed by atoms with Crippen LogP contribution in [0.15, 0.2) is 51.8 Å². The van der Waals surface area contributed by atoms with Crippen LogP contribution in [-0.2, 0) is 0 Å². The molecule has 0 aliphatic rings.